The monoisotopic (exact) mass is 308 g/mol. The zero-order valence-electron chi connectivity index (χ0n) is 10.9. The predicted octanol–water partition coefficient (Wildman–Crippen LogP) is 2.27. The first-order valence-electron chi connectivity index (χ1n) is 6.00. The molecule has 19 heavy (non-hydrogen) atoms. The van der Waals surface area contributed by atoms with E-state index in [1.165, 1.54) is 12.1 Å². The number of nitrogens with two attached hydrogens (primary N) is 1. The standard InChI is InChI=1S/C12H18ClFN2O2S/c1-3-12(4-2,8-15)16-19(17,18)11-9(13)6-5-7-10(11)14/h5-7,16H,3-4,8,15H2,1-2H3. The number of hydrogen-bond acceptors (Lipinski definition) is 3. The number of hydrogen-bond donors (Lipinski definition) is 2. The highest BCUT2D eigenvalue weighted by Crippen LogP contribution is 2.26. The van der Waals surface area contributed by atoms with Crippen LogP contribution in [0.15, 0.2) is 23.1 Å². The molecule has 0 amide bonds. The Labute approximate surface area is 118 Å². The highest BCUT2D eigenvalue weighted by atomic mass is 35.5. The zero-order chi connectivity index (χ0) is 14.7. The molecule has 0 aliphatic carbocycles. The number of sulfonamides is 1. The van der Waals surface area contributed by atoms with Gasteiger partial charge in [0.25, 0.3) is 0 Å². The molecular formula is C12H18ClFN2O2S. The molecule has 0 saturated heterocycles. The second-order valence-electron chi connectivity index (χ2n) is 4.35. The second-order valence-corrected chi connectivity index (χ2v) is 6.37. The van der Waals surface area contributed by atoms with Gasteiger partial charge < -0.3 is 5.73 Å². The lowest BCUT2D eigenvalue weighted by Gasteiger charge is -2.31. The Morgan fingerprint density at radius 1 is 1.37 bits per heavy atom. The van der Waals surface area contributed by atoms with Crippen molar-refractivity contribution < 1.29 is 12.8 Å². The Kier molecular flexibility index (Phi) is 5.32. The van der Waals surface area contributed by atoms with E-state index in [0.717, 1.165) is 6.07 Å². The molecule has 0 aliphatic rings. The number of benzene rings is 1. The summed E-state index contributed by atoms with van der Waals surface area (Å²) >= 11 is 5.78. The van der Waals surface area contributed by atoms with Crippen LogP contribution in [0.25, 0.3) is 0 Å². The van der Waals surface area contributed by atoms with Crippen molar-refractivity contribution in [2.75, 3.05) is 6.54 Å². The summed E-state index contributed by atoms with van der Waals surface area (Å²) < 4.78 is 40.7. The quantitative estimate of drug-likeness (QED) is 0.847. The molecule has 0 saturated carbocycles. The van der Waals surface area contributed by atoms with Gasteiger partial charge in [-0.25, -0.2) is 17.5 Å². The van der Waals surface area contributed by atoms with Crippen molar-refractivity contribution in [3.05, 3.63) is 29.0 Å². The third-order valence-electron chi connectivity index (χ3n) is 3.28. The number of nitrogens with one attached hydrogen (secondary N) is 1. The van der Waals surface area contributed by atoms with Crippen molar-refractivity contribution in [3.63, 3.8) is 0 Å². The first-order chi connectivity index (χ1) is 8.82. The fourth-order valence-corrected chi connectivity index (χ4v) is 3.96. The van der Waals surface area contributed by atoms with Crippen LogP contribution in [-0.4, -0.2) is 20.5 Å². The molecule has 7 heteroatoms. The summed E-state index contributed by atoms with van der Waals surface area (Å²) in [7, 11) is -4.05. The molecule has 1 aromatic carbocycles. The van der Waals surface area contributed by atoms with Crippen LogP contribution >= 0.6 is 11.6 Å². The summed E-state index contributed by atoms with van der Waals surface area (Å²) in [6.07, 6.45) is 1.01. The summed E-state index contributed by atoms with van der Waals surface area (Å²) in [5.74, 6) is -0.877. The van der Waals surface area contributed by atoms with Gasteiger partial charge in [-0.15, -0.1) is 0 Å². The molecule has 1 rings (SSSR count). The lowest BCUT2D eigenvalue weighted by Crippen LogP contribution is -2.52. The molecule has 108 valence electrons. The first-order valence-corrected chi connectivity index (χ1v) is 7.86. The molecule has 4 nitrogen and oxygen atoms in total. The van der Waals surface area contributed by atoms with Crippen LogP contribution < -0.4 is 10.5 Å². The fraction of sp³-hybridized carbons (Fsp3) is 0.500. The third-order valence-corrected chi connectivity index (χ3v) is 5.36. The van der Waals surface area contributed by atoms with Gasteiger partial charge >= 0.3 is 0 Å². The van der Waals surface area contributed by atoms with Crippen LogP contribution in [0.2, 0.25) is 5.02 Å². The van der Waals surface area contributed by atoms with Crippen molar-refractivity contribution in [3.8, 4) is 0 Å². The SMILES string of the molecule is CCC(CC)(CN)NS(=O)(=O)c1c(F)cccc1Cl. The van der Waals surface area contributed by atoms with Gasteiger partial charge in [0.1, 0.15) is 10.7 Å². The molecule has 0 fully saturated rings. The average Bonchev–Trinajstić information content (AvgIpc) is 2.35. The Hall–Kier alpha value is -0.690. The predicted molar refractivity (Wildman–Crippen MR) is 74.1 cm³/mol. The summed E-state index contributed by atoms with van der Waals surface area (Å²) in [4.78, 5) is -0.531. The van der Waals surface area contributed by atoms with E-state index >= 15 is 0 Å². The van der Waals surface area contributed by atoms with E-state index < -0.39 is 26.3 Å². The maximum absolute atomic E-state index is 13.7. The van der Waals surface area contributed by atoms with Gasteiger partial charge in [0, 0.05) is 12.1 Å². The molecule has 0 bridgehead atoms. The molecule has 1 aromatic rings. The van der Waals surface area contributed by atoms with Crippen LogP contribution in [0.1, 0.15) is 26.7 Å². The van der Waals surface area contributed by atoms with Crippen LogP contribution in [0.4, 0.5) is 4.39 Å². The van der Waals surface area contributed by atoms with Crippen LogP contribution in [-0.2, 0) is 10.0 Å². The molecule has 0 aliphatic heterocycles. The molecule has 0 aromatic heterocycles. The van der Waals surface area contributed by atoms with Gasteiger partial charge in [-0.3, -0.25) is 0 Å². The Balaban J connectivity index is 3.26. The van der Waals surface area contributed by atoms with Crippen LogP contribution in [0.3, 0.4) is 0 Å². The highest BCUT2D eigenvalue weighted by Gasteiger charge is 2.33. The van der Waals surface area contributed by atoms with Gasteiger partial charge in [0.2, 0.25) is 10.0 Å². The minimum atomic E-state index is -4.05. The van der Waals surface area contributed by atoms with E-state index in [0.29, 0.717) is 12.8 Å². The lowest BCUT2D eigenvalue weighted by molar-refractivity contribution is 0.362. The van der Waals surface area contributed by atoms with Gasteiger partial charge in [0.15, 0.2) is 0 Å². The molecule has 0 atom stereocenters. The van der Waals surface area contributed by atoms with Gasteiger partial charge in [0.05, 0.1) is 5.02 Å². The highest BCUT2D eigenvalue weighted by molar-refractivity contribution is 7.89. The van der Waals surface area contributed by atoms with Crippen molar-refractivity contribution in [2.24, 2.45) is 5.73 Å². The van der Waals surface area contributed by atoms with E-state index in [9.17, 15) is 12.8 Å². The van der Waals surface area contributed by atoms with E-state index in [-0.39, 0.29) is 11.6 Å². The summed E-state index contributed by atoms with van der Waals surface area (Å²) in [5, 5.41) is -0.148. The van der Waals surface area contributed by atoms with Crippen molar-refractivity contribution in [1.82, 2.24) is 4.72 Å². The third kappa shape index (κ3) is 3.45. The zero-order valence-corrected chi connectivity index (χ0v) is 12.5. The lowest BCUT2D eigenvalue weighted by atomic mass is 9.95. The Bertz CT molecular complexity index is 516. The van der Waals surface area contributed by atoms with Crippen LogP contribution in [0.5, 0.6) is 0 Å². The molecule has 3 N–H and O–H groups in total. The smallest absolute Gasteiger partial charge is 0.245 e. The Morgan fingerprint density at radius 2 is 1.95 bits per heavy atom. The van der Waals surface area contributed by atoms with E-state index in [2.05, 4.69) is 4.72 Å². The largest absolute Gasteiger partial charge is 0.329 e. The maximum atomic E-state index is 13.7. The number of rotatable bonds is 6. The minimum absolute atomic E-state index is 0.130. The van der Waals surface area contributed by atoms with Gasteiger partial charge in [-0.05, 0) is 25.0 Å². The van der Waals surface area contributed by atoms with E-state index in [1.54, 1.807) is 0 Å². The second kappa shape index (κ2) is 6.17. The Morgan fingerprint density at radius 3 is 2.37 bits per heavy atom. The first kappa shape index (κ1) is 16.4. The van der Waals surface area contributed by atoms with Crippen molar-refractivity contribution >= 4 is 21.6 Å². The van der Waals surface area contributed by atoms with Gasteiger partial charge in [-0.2, -0.15) is 0 Å². The molecule has 0 radical (unpaired) electrons. The fourth-order valence-electron chi connectivity index (χ4n) is 1.80. The summed E-state index contributed by atoms with van der Waals surface area (Å²) in [6.45, 7) is 3.77. The van der Waals surface area contributed by atoms with Crippen LogP contribution in [0, 0.1) is 5.82 Å². The normalized spacial score (nSPS) is 12.7. The summed E-state index contributed by atoms with van der Waals surface area (Å²) in [6, 6.07) is 3.75. The summed E-state index contributed by atoms with van der Waals surface area (Å²) in [5.41, 5.74) is 4.85. The van der Waals surface area contributed by atoms with Gasteiger partial charge in [-0.1, -0.05) is 31.5 Å². The van der Waals surface area contributed by atoms with E-state index in [4.69, 9.17) is 17.3 Å². The topological polar surface area (TPSA) is 72.2 Å². The molecular weight excluding hydrogens is 291 g/mol. The molecule has 0 heterocycles. The van der Waals surface area contributed by atoms with E-state index in [1.807, 2.05) is 13.8 Å². The van der Waals surface area contributed by atoms with Crippen molar-refractivity contribution in [2.45, 2.75) is 37.1 Å². The minimum Gasteiger partial charge on any atom is -0.329 e. The molecule has 0 spiro atoms. The van der Waals surface area contributed by atoms with Crippen molar-refractivity contribution in [1.29, 1.82) is 0 Å². The average molecular weight is 309 g/mol. The number of halogens is 2. The molecule has 0 unspecified atom stereocenters. The maximum Gasteiger partial charge on any atom is 0.245 e.